The van der Waals surface area contributed by atoms with Crippen LogP contribution in [0.4, 0.5) is 5.69 Å². The molecule has 2 aromatic carbocycles. The molecule has 0 aliphatic rings. The average Bonchev–Trinajstić information content (AvgIpc) is 3.19. The van der Waals surface area contributed by atoms with Crippen molar-refractivity contribution >= 4 is 29.7 Å². The summed E-state index contributed by atoms with van der Waals surface area (Å²) in [5, 5.41) is 12.8. The van der Waals surface area contributed by atoms with Crippen molar-refractivity contribution in [2.45, 2.75) is 20.0 Å². The largest absolute Gasteiger partial charge is 0.350 e. The van der Waals surface area contributed by atoms with E-state index in [1.165, 1.54) is 0 Å². The third kappa shape index (κ3) is 5.58. The second-order valence-corrected chi connectivity index (χ2v) is 7.86. The molecule has 2 aromatic heterocycles. The summed E-state index contributed by atoms with van der Waals surface area (Å²) in [6, 6.07) is 18.5. The van der Waals surface area contributed by atoms with Gasteiger partial charge in [-0.3, -0.25) is 24.2 Å². The fourth-order valence-electron chi connectivity index (χ4n) is 3.25. The molecule has 2 heterocycles. The first-order chi connectivity index (χ1) is 16.0. The summed E-state index contributed by atoms with van der Waals surface area (Å²) in [6.07, 6.45) is 3.13. The summed E-state index contributed by atoms with van der Waals surface area (Å²) in [6.45, 7) is 2.35. The van der Waals surface area contributed by atoms with Crippen LogP contribution in [0.2, 0.25) is 0 Å². The van der Waals surface area contributed by atoms with E-state index in [1.807, 2.05) is 49.4 Å². The smallest absolute Gasteiger partial charge is 0.255 e. The number of carbonyl (C=O) groups excluding carboxylic acids is 2. The summed E-state index contributed by atoms with van der Waals surface area (Å²) < 4.78 is 2.04. The highest BCUT2D eigenvalue weighted by Gasteiger charge is 2.12. The van der Waals surface area contributed by atoms with Crippen molar-refractivity contribution in [2.75, 3.05) is 5.32 Å². The number of hydrogen-bond donors (Lipinski definition) is 3. The predicted molar refractivity (Wildman–Crippen MR) is 128 cm³/mol. The number of benzene rings is 2. The quantitative estimate of drug-likeness (QED) is 0.365. The lowest BCUT2D eigenvalue weighted by Crippen LogP contribution is -2.27. The molecular formula is C24H22N6O2S. The number of amides is 2. The van der Waals surface area contributed by atoms with Crippen molar-refractivity contribution in [3.05, 3.63) is 94.5 Å². The maximum Gasteiger partial charge on any atom is 0.255 e. The molecule has 0 aliphatic carbocycles. The number of H-pyrrole nitrogens is 1. The maximum atomic E-state index is 12.6. The first kappa shape index (κ1) is 22.1. The third-order valence-corrected chi connectivity index (χ3v) is 5.30. The second kappa shape index (κ2) is 10.0. The fraction of sp³-hybridized carbons (Fsp3) is 0.125. The Morgan fingerprint density at radius 1 is 1.06 bits per heavy atom. The summed E-state index contributed by atoms with van der Waals surface area (Å²) in [7, 11) is 0. The molecule has 0 fully saturated rings. The standard InChI is InChI=1S/C24H22N6O2S/c1-16-5-7-18(8-6-16)22-28-29-24(33)30(22)15-21(31)26-14-17-3-2-4-20(13-17)27-23(32)19-9-11-25-12-10-19/h2-13H,14-15H2,1H3,(H,26,31)(H,27,32)(H,29,33). The molecule has 0 aliphatic heterocycles. The predicted octanol–water partition coefficient (Wildman–Crippen LogP) is 3.88. The third-order valence-electron chi connectivity index (χ3n) is 4.99. The number of anilines is 1. The van der Waals surface area contributed by atoms with Crippen LogP contribution in [0.3, 0.4) is 0 Å². The normalized spacial score (nSPS) is 10.6. The zero-order valence-electron chi connectivity index (χ0n) is 17.9. The van der Waals surface area contributed by atoms with Gasteiger partial charge < -0.3 is 10.6 Å². The molecule has 166 valence electrons. The van der Waals surface area contributed by atoms with Crippen molar-refractivity contribution in [2.24, 2.45) is 0 Å². The molecule has 9 heteroatoms. The van der Waals surface area contributed by atoms with Gasteiger partial charge in [-0.25, -0.2) is 0 Å². The van der Waals surface area contributed by atoms with Gasteiger partial charge in [-0.05, 0) is 49.0 Å². The number of hydrogen-bond acceptors (Lipinski definition) is 5. The van der Waals surface area contributed by atoms with Crippen LogP contribution >= 0.6 is 12.2 Å². The fourth-order valence-corrected chi connectivity index (χ4v) is 3.45. The van der Waals surface area contributed by atoms with Gasteiger partial charge in [0.1, 0.15) is 6.54 Å². The van der Waals surface area contributed by atoms with Gasteiger partial charge in [-0.1, -0.05) is 42.0 Å². The number of aryl methyl sites for hydroxylation is 1. The lowest BCUT2D eigenvalue weighted by molar-refractivity contribution is -0.121. The zero-order chi connectivity index (χ0) is 23.2. The second-order valence-electron chi connectivity index (χ2n) is 7.47. The van der Waals surface area contributed by atoms with Gasteiger partial charge in [0.05, 0.1) is 0 Å². The Morgan fingerprint density at radius 2 is 1.82 bits per heavy atom. The molecule has 0 spiro atoms. The van der Waals surface area contributed by atoms with Gasteiger partial charge in [-0.15, -0.1) is 0 Å². The SMILES string of the molecule is Cc1ccc(-c2n[nH]c(=S)n2CC(=O)NCc2cccc(NC(=O)c3ccncc3)c2)cc1. The maximum absolute atomic E-state index is 12.6. The average molecular weight is 459 g/mol. The van der Waals surface area contributed by atoms with Gasteiger partial charge >= 0.3 is 0 Å². The van der Waals surface area contributed by atoms with Crippen LogP contribution in [0.15, 0.2) is 73.1 Å². The van der Waals surface area contributed by atoms with E-state index in [2.05, 4.69) is 25.8 Å². The van der Waals surface area contributed by atoms with Crippen molar-refractivity contribution in [3.63, 3.8) is 0 Å². The Hall–Kier alpha value is -4.11. The topological polar surface area (TPSA) is 105 Å². The summed E-state index contributed by atoms with van der Waals surface area (Å²) >= 11 is 5.31. The molecular weight excluding hydrogens is 436 g/mol. The molecule has 0 saturated heterocycles. The number of carbonyl (C=O) groups is 2. The number of nitrogens with zero attached hydrogens (tertiary/aromatic N) is 3. The van der Waals surface area contributed by atoms with Gasteiger partial charge in [0.25, 0.3) is 5.91 Å². The first-order valence-electron chi connectivity index (χ1n) is 10.3. The first-order valence-corrected chi connectivity index (χ1v) is 10.7. The number of rotatable bonds is 7. The highest BCUT2D eigenvalue weighted by atomic mass is 32.1. The van der Waals surface area contributed by atoms with Crippen molar-refractivity contribution in [1.29, 1.82) is 0 Å². The van der Waals surface area contributed by atoms with E-state index < -0.39 is 0 Å². The Labute approximate surface area is 195 Å². The molecule has 33 heavy (non-hydrogen) atoms. The van der Waals surface area contributed by atoms with Crippen LogP contribution in [-0.2, 0) is 17.9 Å². The number of aromatic amines is 1. The van der Waals surface area contributed by atoms with Crippen LogP contribution in [-0.4, -0.2) is 31.6 Å². The Balaban J connectivity index is 1.39. The van der Waals surface area contributed by atoms with E-state index in [0.717, 1.165) is 16.7 Å². The Kier molecular flexibility index (Phi) is 6.70. The molecule has 0 unspecified atom stereocenters. The van der Waals surface area contributed by atoms with E-state index in [0.29, 0.717) is 28.4 Å². The molecule has 0 saturated carbocycles. The lowest BCUT2D eigenvalue weighted by Gasteiger charge is -2.10. The highest BCUT2D eigenvalue weighted by molar-refractivity contribution is 7.71. The molecule has 4 aromatic rings. The van der Waals surface area contributed by atoms with Gasteiger partial charge in [0.2, 0.25) is 5.91 Å². The summed E-state index contributed by atoms with van der Waals surface area (Å²) in [4.78, 5) is 28.9. The van der Waals surface area contributed by atoms with Crippen LogP contribution < -0.4 is 10.6 Å². The minimum atomic E-state index is -0.225. The zero-order valence-corrected chi connectivity index (χ0v) is 18.7. The monoisotopic (exact) mass is 458 g/mol. The van der Waals surface area contributed by atoms with Crippen LogP contribution in [0.25, 0.3) is 11.4 Å². The van der Waals surface area contributed by atoms with Crippen molar-refractivity contribution < 1.29 is 9.59 Å². The number of nitrogens with one attached hydrogen (secondary N) is 3. The lowest BCUT2D eigenvalue weighted by atomic mass is 10.1. The molecule has 3 N–H and O–H groups in total. The van der Waals surface area contributed by atoms with Crippen LogP contribution in [0.1, 0.15) is 21.5 Å². The molecule has 0 atom stereocenters. The molecule has 0 radical (unpaired) electrons. The number of pyridine rings is 1. The van der Waals surface area contributed by atoms with Gasteiger partial charge in [-0.2, -0.15) is 5.10 Å². The molecule has 4 rings (SSSR count). The van der Waals surface area contributed by atoms with E-state index in [1.54, 1.807) is 35.2 Å². The molecule has 2 amide bonds. The van der Waals surface area contributed by atoms with E-state index in [4.69, 9.17) is 12.2 Å². The van der Waals surface area contributed by atoms with E-state index in [9.17, 15) is 9.59 Å². The van der Waals surface area contributed by atoms with E-state index >= 15 is 0 Å². The summed E-state index contributed by atoms with van der Waals surface area (Å²) in [5.74, 6) is 0.180. The van der Waals surface area contributed by atoms with E-state index in [-0.39, 0.29) is 18.4 Å². The van der Waals surface area contributed by atoms with Gasteiger partial charge in [0, 0.05) is 35.8 Å². The highest BCUT2D eigenvalue weighted by Crippen LogP contribution is 2.18. The van der Waals surface area contributed by atoms with Crippen molar-refractivity contribution in [3.8, 4) is 11.4 Å². The minimum absolute atomic E-state index is 0.0387. The summed E-state index contributed by atoms with van der Waals surface area (Å²) in [5.41, 5.74) is 4.02. The number of aromatic nitrogens is 4. The molecule has 0 bridgehead atoms. The Morgan fingerprint density at radius 3 is 2.58 bits per heavy atom. The minimum Gasteiger partial charge on any atom is -0.350 e. The van der Waals surface area contributed by atoms with Crippen molar-refractivity contribution in [1.82, 2.24) is 25.1 Å². The van der Waals surface area contributed by atoms with Gasteiger partial charge in [0.15, 0.2) is 10.6 Å². The Bertz CT molecular complexity index is 1330. The van der Waals surface area contributed by atoms with Crippen LogP contribution in [0, 0.1) is 11.7 Å². The molecule has 8 nitrogen and oxygen atoms in total. The van der Waals surface area contributed by atoms with Crippen LogP contribution in [0.5, 0.6) is 0 Å².